The molecule has 1 aromatic carbocycles. The molecule has 16 heavy (non-hydrogen) atoms. The van der Waals surface area contributed by atoms with Crippen molar-refractivity contribution in [3.8, 4) is 0 Å². The second-order valence-electron chi connectivity index (χ2n) is 3.64. The Morgan fingerprint density at radius 1 is 1.31 bits per heavy atom. The molecule has 0 saturated heterocycles. The highest BCUT2D eigenvalue weighted by molar-refractivity contribution is 5.85. The first-order chi connectivity index (χ1) is 6.42. The maximum atomic E-state index is 10.7. The molecule has 0 aliphatic heterocycles. The Labute approximate surface area is 107 Å². The largest absolute Gasteiger partial charge is 0.480 e. The highest BCUT2D eigenvalue weighted by Gasteiger charge is 2.27. The molecule has 0 amide bonds. The molecule has 0 fully saturated rings. The van der Waals surface area contributed by atoms with Crippen molar-refractivity contribution in [2.75, 3.05) is 5.73 Å². The topological polar surface area (TPSA) is 89.3 Å². The number of carboxylic acid groups (broad SMARTS) is 1. The highest BCUT2D eigenvalue weighted by Crippen LogP contribution is 2.12. The molecule has 0 heterocycles. The molecule has 5 N–H and O–H groups in total. The van der Waals surface area contributed by atoms with Gasteiger partial charge in [0.15, 0.2) is 0 Å². The minimum atomic E-state index is -1.23. The van der Waals surface area contributed by atoms with Crippen LogP contribution in [0.3, 0.4) is 0 Å². The molecule has 0 unspecified atom stereocenters. The van der Waals surface area contributed by atoms with E-state index in [1.165, 1.54) is 6.92 Å². The fraction of sp³-hybridized carbons (Fsp3) is 0.300. The molecule has 0 radical (unpaired) electrons. The monoisotopic (exact) mass is 266 g/mol. The average Bonchev–Trinajstić information content (AvgIpc) is 2.08. The first-order valence-electron chi connectivity index (χ1n) is 4.28. The van der Waals surface area contributed by atoms with E-state index in [2.05, 4.69) is 0 Å². The lowest BCUT2D eigenvalue weighted by molar-refractivity contribution is -0.142. The second-order valence-corrected chi connectivity index (χ2v) is 3.64. The van der Waals surface area contributed by atoms with Gasteiger partial charge in [0.2, 0.25) is 0 Å². The number of anilines is 1. The lowest BCUT2D eigenvalue weighted by Crippen LogP contribution is -2.46. The van der Waals surface area contributed by atoms with Crippen molar-refractivity contribution < 1.29 is 9.90 Å². The summed E-state index contributed by atoms with van der Waals surface area (Å²) < 4.78 is 0. The van der Waals surface area contributed by atoms with Gasteiger partial charge in [-0.15, -0.1) is 24.8 Å². The fourth-order valence-corrected chi connectivity index (χ4v) is 1.14. The number of aliphatic carboxylic acids is 1. The summed E-state index contributed by atoms with van der Waals surface area (Å²) >= 11 is 0. The van der Waals surface area contributed by atoms with E-state index in [9.17, 15) is 4.79 Å². The second kappa shape index (κ2) is 6.58. The van der Waals surface area contributed by atoms with Gasteiger partial charge in [0.25, 0.3) is 0 Å². The molecule has 0 spiro atoms. The zero-order chi connectivity index (χ0) is 10.8. The minimum absolute atomic E-state index is 0. The number of nitrogen functional groups attached to an aromatic ring is 1. The number of halogens is 2. The normalized spacial score (nSPS) is 12.9. The third kappa shape index (κ3) is 4.70. The summed E-state index contributed by atoms with van der Waals surface area (Å²) in [5.41, 5.74) is 11.4. The highest BCUT2D eigenvalue weighted by atomic mass is 35.5. The van der Waals surface area contributed by atoms with Gasteiger partial charge in [0, 0.05) is 12.1 Å². The Bertz CT molecular complexity index is 339. The van der Waals surface area contributed by atoms with Crippen LogP contribution in [-0.4, -0.2) is 16.6 Å². The van der Waals surface area contributed by atoms with E-state index in [1.807, 2.05) is 0 Å². The van der Waals surface area contributed by atoms with E-state index in [4.69, 9.17) is 16.6 Å². The first kappa shape index (κ1) is 17.4. The smallest absolute Gasteiger partial charge is 0.323 e. The fourth-order valence-electron chi connectivity index (χ4n) is 1.14. The summed E-state index contributed by atoms with van der Waals surface area (Å²) in [7, 11) is 0. The molecule has 1 aromatic rings. The molecule has 4 nitrogen and oxygen atoms in total. The number of rotatable bonds is 3. The quantitative estimate of drug-likeness (QED) is 0.723. The van der Waals surface area contributed by atoms with Gasteiger partial charge in [-0.05, 0) is 24.6 Å². The van der Waals surface area contributed by atoms with Crippen LogP contribution in [0.2, 0.25) is 0 Å². The number of benzene rings is 1. The van der Waals surface area contributed by atoms with Gasteiger partial charge in [-0.25, -0.2) is 0 Å². The molecule has 0 bridgehead atoms. The van der Waals surface area contributed by atoms with Crippen molar-refractivity contribution in [1.82, 2.24) is 0 Å². The van der Waals surface area contributed by atoms with Crippen molar-refractivity contribution >= 4 is 36.5 Å². The molecule has 0 aliphatic rings. The minimum Gasteiger partial charge on any atom is -0.480 e. The lowest BCUT2D eigenvalue weighted by atomic mass is 9.94. The maximum absolute atomic E-state index is 10.7. The van der Waals surface area contributed by atoms with Crippen LogP contribution < -0.4 is 11.5 Å². The molecule has 0 aliphatic carbocycles. The number of carboxylic acids is 1. The van der Waals surface area contributed by atoms with E-state index >= 15 is 0 Å². The molecule has 1 atom stereocenters. The first-order valence-corrected chi connectivity index (χ1v) is 4.28. The van der Waals surface area contributed by atoms with Crippen LogP contribution in [0.4, 0.5) is 5.69 Å². The Hall–Kier alpha value is -0.970. The predicted octanol–water partition coefficient (Wildman–Crippen LogP) is 1.46. The van der Waals surface area contributed by atoms with Gasteiger partial charge in [-0.2, -0.15) is 0 Å². The van der Waals surface area contributed by atoms with Crippen molar-refractivity contribution in [2.24, 2.45) is 5.73 Å². The van der Waals surface area contributed by atoms with Crippen LogP contribution >= 0.6 is 24.8 Å². The van der Waals surface area contributed by atoms with Crippen molar-refractivity contribution in [3.05, 3.63) is 29.8 Å². The van der Waals surface area contributed by atoms with Gasteiger partial charge in [0.05, 0.1) is 0 Å². The molecular weight excluding hydrogens is 251 g/mol. The summed E-state index contributed by atoms with van der Waals surface area (Å²) in [4.78, 5) is 10.7. The molecule has 6 heteroatoms. The van der Waals surface area contributed by atoms with Gasteiger partial charge < -0.3 is 16.6 Å². The Morgan fingerprint density at radius 3 is 2.12 bits per heavy atom. The predicted molar refractivity (Wildman–Crippen MR) is 69.3 cm³/mol. The summed E-state index contributed by atoms with van der Waals surface area (Å²) in [6.07, 6.45) is 0.294. The number of hydrogen-bond acceptors (Lipinski definition) is 3. The molecule has 92 valence electrons. The Kier molecular flexibility index (Phi) is 7.16. The summed E-state index contributed by atoms with van der Waals surface area (Å²) in [5.74, 6) is -1.01. The van der Waals surface area contributed by atoms with E-state index in [-0.39, 0.29) is 24.8 Å². The van der Waals surface area contributed by atoms with Crippen LogP contribution in [-0.2, 0) is 11.2 Å². The van der Waals surface area contributed by atoms with Crippen LogP contribution in [0.25, 0.3) is 0 Å². The number of hydrogen-bond donors (Lipinski definition) is 3. The Morgan fingerprint density at radius 2 is 1.75 bits per heavy atom. The standard InChI is InChI=1S/C10H14N2O2.2ClH/c1-10(12,9(13)14)6-7-2-4-8(11)5-3-7;;/h2-5H,6,11-12H2,1H3,(H,13,14);2*1H/t10-;;/m1../s1. The summed E-state index contributed by atoms with van der Waals surface area (Å²) in [5, 5.41) is 8.81. The van der Waals surface area contributed by atoms with E-state index in [0.29, 0.717) is 12.1 Å². The SMILES string of the molecule is C[C@@](N)(Cc1ccc(N)cc1)C(=O)O.Cl.Cl. The third-order valence-corrected chi connectivity index (χ3v) is 2.04. The van der Waals surface area contributed by atoms with Gasteiger partial charge in [0.1, 0.15) is 5.54 Å². The summed E-state index contributed by atoms with van der Waals surface area (Å²) in [6, 6.07) is 7.02. The van der Waals surface area contributed by atoms with Crippen molar-refractivity contribution in [1.29, 1.82) is 0 Å². The third-order valence-electron chi connectivity index (χ3n) is 2.04. The summed E-state index contributed by atoms with van der Waals surface area (Å²) in [6.45, 7) is 1.49. The van der Waals surface area contributed by atoms with Gasteiger partial charge in [-0.1, -0.05) is 12.1 Å². The van der Waals surface area contributed by atoms with Crippen molar-refractivity contribution in [2.45, 2.75) is 18.9 Å². The zero-order valence-electron chi connectivity index (χ0n) is 8.84. The zero-order valence-corrected chi connectivity index (χ0v) is 10.5. The average molecular weight is 267 g/mol. The van der Waals surface area contributed by atoms with Gasteiger partial charge >= 0.3 is 5.97 Å². The van der Waals surface area contributed by atoms with E-state index < -0.39 is 11.5 Å². The van der Waals surface area contributed by atoms with Crippen LogP contribution in [0, 0.1) is 0 Å². The van der Waals surface area contributed by atoms with Gasteiger partial charge in [-0.3, -0.25) is 4.79 Å². The molecule has 0 saturated carbocycles. The van der Waals surface area contributed by atoms with E-state index in [1.54, 1.807) is 24.3 Å². The number of nitrogens with two attached hydrogens (primary N) is 2. The number of carbonyl (C=O) groups is 1. The lowest BCUT2D eigenvalue weighted by Gasteiger charge is -2.18. The molecular formula is C10H16Cl2N2O2. The van der Waals surface area contributed by atoms with E-state index in [0.717, 1.165) is 5.56 Å². The van der Waals surface area contributed by atoms with Crippen LogP contribution in [0.1, 0.15) is 12.5 Å². The molecule has 0 aromatic heterocycles. The Balaban J connectivity index is 0. The maximum Gasteiger partial charge on any atom is 0.323 e. The van der Waals surface area contributed by atoms with Crippen LogP contribution in [0.15, 0.2) is 24.3 Å². The van der Waals surface area contributed by atoms with Crippen molar-refractivity contribution in [3.63, 3.8) is 0 Å². The molecule has 1 rings (SSSR count). The van der Waals surface area contributed by atoms with Crippen LogP contribution in [0.5, 0.6) is 0 Å².